The van der Waals surface area contributed by atoms with E-state index in [1.165, 1.54) is 24.3 Å². The van der Waals surface area contributed by atoms with Crippen molar-refractivity contribution in [3.8, 4) is 5.75 Å². The van der Waals surface area contributed by atoms with Gasteiger partial charge in [0.05, 0.1) is 23.4 Å². The van der Waals surface area contributed by atoms with E-state index in [4.69, 9.17) is 17.0 Å². The summed E-state index contributed by atoms with van der Waals surface area (Å²) in [5, 5.41) is 4.52. The van der Waals surface area contributed by atoms with Crippen LogP contribution in [0.1, 0.15) is 22.8 Å². The molecule has 0 saturated heterocycles. The third-order valence-corrected chi connectivity index (χ3v) is 3.34. The van der Waals surface area contributed by atoms with Gasteiger partial charge in [-0.05, 0) is 43.4 Å². The number of hydrogen-bond donors (Lipinski definition) is 2. The molecular weight excluding hydrogens is 353 g/mol. The monoisotopic (exact) mass is 368 g/mol. The lowest BCUT2D eigenvalue weighted by atomic mass is 10.1. The van der Waals surface area contributed by atoms with Crippen LogP contribution >= 0.6 is 12.2 Å². The van der Waals surface area contributed by atoms with Crippen molar-refractivity contribution in [2.45, 2.75) is 13.1 Å². The van der Waals surface area contributed by atoms with E-state index in [2.05, 4.69) is 10.6 Å². The molecule has 0 fully saturated rings. The Morgan fingerprint density at radius 1 is 1.12 bits per heavy atom. The Hall–Kier alpha value is -2.61. The first kappa shape index (κ1) is 18.7. The highest BCUT2D eigenvalue weighted by Crippen LogP contribution is 2.34. The molecule has 0 radical (unpaired) electrons. The van der Waals surface area contributed by atoms with Crippen molar-refractivity contribution in [3.05, 3.63) is 59.7 Å². The smallest absolute Gasteiger partial charge is 0.418 e. The fraction of sp³-hybridized carbons (Fsp3) is 0.176. The lowest BCUT2D eigenvalue weighted by Crippen LogP contribution is -2.34. The second kappa shape index (κ2) is 7.98. The van der Waals surface area contributed by atoms with Crippen molar-refractivity contribution in [1.82, 2.24) is 5.32 Å². The highest BCUT2D eigenvalue weighted by Gasteiger charge is 2.33. The summed E-state index contributed by atoms with van der Waals surface area (Å²) in [6, 6.07) is 11.4. The Labute approximate surface area is 148 Å². The number of carbonyl (C=O) groups excluding carboxylic acids is 1. The summed E-state index contributed by atoms with van der Waals surface area (Å²) in [5.41, 5.74) is -0.877. The van der Waals surface area contributed by atoms with E-state index >= 15 is 0 Å². The molecule has 0 bridgehead atoms. The molecule has 0 aromatic heterocycles. The van der Waals surface area contributed by atoms with Gasteiger partial charge in [-0.15, -0.1) is 0 Å². The number of halogens is 3. The van der Waals surface area contributed by atoms with Gasteiger partial charge in [0.15, 0.2) is 5.11 Å². The molecule has 25 heavy (non-hydrogen) atoms. The van der Waals surface area contributed by atoms with Gasteiger partial charge in [0, 0.05) is 0 Å². The van der Waals surface area contributed by atoms with Crippen LogP contribution in [-0.2, 0) is 6.18 Å². The third kappa shape index (κ3) is 4.93. The van der Waals surface area contributed by atoms with Gasteiger partial charge in [0.2, 0.25) is 0 Å². The molecule has 2 rings (SSSR count). The molecule has 0 spiro atoms. The number of benzene rings is 2. The first-order chi connectivity index (χ1) is 11.8. The minimum absolute atomic E-state index is 0.234. The summed E-state index contributed by atoms with van der Waals surface area (Å²) >= 11 is 4.95. The van der Waals surface area contributed by atoms with Crippen molar-refractivity contribution < 1.29 is 22.7 Å². The zero-order chi connectivity index (χ0) is 18.4. The van der Waals surface area contributed by atoms with E-state index < -0.39 is 17.6 Å². The lowest BCUT2D eigenvalue weighted by Gasteiger charge is -2.16. The van der Waals surface area contributed by atoms with Crippen LogP contribution in [0.5, 0.6) is 5.75 Å². The Balaban J connectivity index is 2.13. The molecule has 2 aromatic rings. The second-order valence-corrected chi connectivity index (χ2v) is 5.29. The molecule has 8 heteroatoms. The predicted molar refractivity (Wildman–Crippen MR) is 92.7 cm³/mol. The maximum Gasteiger partial charge on any atom is 0.418 e. The van der Waals surface area contributed by atoms with Gasteiger partial charge in [-0.25, -0.2) is 0 Å². The summed E-state index contributed by atoms with van der Waals surface area (Å²) in [5.74, 6) is -0.216. The lowest BCUT2D eigenvalue weighted by molar-refractivity contribution is -0.136. The van der Waals surface area contributed by atoms with Gasteiger partial charge in [-0.2, -0.15) is 13.2 Å². The number of rotatable bonds is 4. The third-order valence-electron chi connectivity index (χ3n) is 3.14. The van der Waals surface area contributed by atoms with Crippen LogP contribution in [0.2, 0.25) is 0 Å². The molecule has 1 amide bonds. The SMILES string of the molecule is CCOc1ccccc1C(=O)NC(=S)Nc1ccccc1C(F)(F)F. The quantitative estimate of drug-likeness (QED) is 0.793. The fourth-order valence-electron chi connectivity index (χ4n) is 2.10. The van der Waals surface area contributed by atoms with Crippen LogP contribution in [0.3, 0.4) is 0 Å². The molecule has 0 aliphatic carbocycles. The van der Waals surface area contributed by atoms with Crippen LogP contribution in [0.25, 0.3) is 0 Å². The Kier molecular flexibility index (Phi) is 5.97. The van der Waals surface area contributed by atoms with Crippen molar-refractivity contribution in [1.29, 1.82) is 0 Å². The molecule has 2 aromatic carbocycles. The van der Waals surface area contributed by atoms with E-state index in [9.17, 15) is 18.0 Å². The molecule has 132 valence electrons. The molecule has 0 atom stereocenters. The van der Waals surface area contributed by atoms with Crippen molar-refractivity contribution >= 4 is 28.9 Å². The largest absolute Gasteiger partial charge is 0.493 e. The fourth-order valence-corrected chi connectivity index (χ4v) is 2.30. The van der Waals surface area contributed by atoms with Gasteiger partial charge in [0.1, 0.15) is 5.75 Å². The van der Waals surface area contributed by atoms with Gasteiger partial charge in [-0.3, -0.25) is 10.1 Å². The molecule has 2 N–H and O–H groups in total. The average molecular weight is 368 g/mol. The van der Waals surface area contributed by atoms with Crippen LogP contribution in [0.4, 0.5) is 18.9 Å². The van der Waals surface area contributed by atoms with Crippen molar-refractivity contribution in [2.24, 2.45) is 0 Å². The number of ether oxygens (including phenoxy) is 1. The summed E-state index contributed by atoms with van der Waals surface area (Å²) in [6.45, 7) is 2.14. The van der Waals surface area contributed by atoms with Gasteiger partial charge >= 0.3 is 6.18 Å². The van der Waals surface area contributed by atoms with E-state index in [-0.39, 0.29) is 16.4 Å². The summed E-state index contributed by atoms with van der Waals surface area (Å²) in [4.78, 5) is 12.3. The van der Waals surface area contributed by atoms with Gasteiger partial charge in [0.25, 0.3) is 5.91 Å². The normalized spacial score (nSPS) is 10.9. The van der Waals surface area contributed by atoms with Gasteiger partial charge in [-0.1, -0.05) is 24.3 Å². The van der Waals surface area contributed by atoms with E-state index in [0.29, 0.717) is 12.4 Å². The highest BCUT2D eigenvalue weighted by atomic mass is 32.1. The molecule has 0 unspecified atom stereocenters. The highest BCUT2D eigenvalue weighted by molar-refractivity contribution is 7.80. The molecule has 0 saturated carbocycles. The standard InChI is InChI=1S/C17H15F3N2O2S/c1-2-24-14-10-6-3-7-11(14)15(23)22-16(25)21-13-9-5-4-8-12(13)17(18,19)20/h3-10H,2H2,1H3,(H2,21,22,23,25). The minimum atomic E-state index is -4.54. The number of amides is 1. The Bertz CT molecular complexity index is 778. The molecular formula is C17H15F3N2O2S. The van der Waals surface area contributed by atoms with Gasteiger partial charge < -0.3 is 10.1 Å². The average Bonchev–Trinajstić information content (AvgIpc) is 2.55. The molecule has 0 aliphatic heterocycles. The number of thiocarbonyl (C=S) groups is 1. The molecule has 0 aliphatic rings. The second-order valence-electron chi connectivity index (χ2n) is 4.88. The number of hydrogen-bond acceptors (Lipinski definition) is 3. The zero-order valence-electron chi connectivity index (χ0n) is 13.2. The first-order valence-corrected chi connectivity index (χ1v) is 7.74. The van der Waals surface area contributed by atoms with E-state index in [1.54, 1.807) is 25.1 Å². The van der Waals surface area contributed by atoms with Crippen molar-refractivity contribution in [2.75, 3.05) is 11.9 Å². The summed E-state index contributed by atoms with van der Waals surface area (Å²) < 4.78 is 44.3. The number of carbonyl (C=O) groups is 1. The number of para-hydroxylation sites is 2. The first-order valence-electron chi connectivity index (χ1n) is 7.33. The minimum Gasteiger partial charge on any atom is -0.493 e. The number of nitrogens with one attached hydrogen (secondary N) is 2. The number of alkyl halides is 3. The predicted octanol–water partition coefficient (Wildman–Crippen LogP) is 4.23. The summed E-state index contributed by atoms with van der Waals surface area (Å²) in [7, 11) is 0. The number of anilines is 1. The summed E-state index contributed by atoms with van der Waals surface area (Å²) in [6.07, 6.45) is -4.54. The van der Waals surface area contributed by atoms with Crippen LogP contribution < -0.4 is 15.4 Å². The Morgan fingerprint density at radius 2 is 1.76 bits per heavy atom. The van der Waals surface area contributed by atoms with E-state index in [1.807, 2.05) is 0 Å². The van der Waals surface area contributed by atoms with Crippen molar-refractivity contribution in [3.63, 3.8) is 0 Å². The Morgan fingerprint density at radius 3 is 2.44 bits per heavy atom. The maximum atomic E-state index is 13.0. The zero-order valence-corrected chi connectivity index (χ0v) is 14.0. The van der Waals surface area contributed by atoms with E-state index in [0.717, 1.165) is 6.07 Å². The topological polar surface area (TPSA) is 50.4 Å². The molecule has 4 nitrogen and oxygen atoms in total. The van der Waals surface area contributed by atoms with Crippen LogP contribution in [0.15, 0.2) is 48.5 Å². The van der Waals surface area contributed by atoms with Crippen LogP contribution in [0, 0.1) is 0 Å². The maximum absolute atomic E-state index is 13.0. The van der Waals surface area contributed by atoms with Crippen LogP contribution in [-0.4, -0.2) is 17.6 Å². The molecule has 0 heterocycles.